The van der Waals surface area contributed by atoms with Crippen LogP contribution in [0.15, 0.2) is 35.5 Å². The second kappa shape index (κ2) is 10.8. The Morgan fingerprint density at radius 1 is 1.15 bits per heavy atom. The number of hydrogen-bond acceptors (Lipinski definition) is 5. The molecule has 0 radical (unpaired) electrons. The number of likely N-dealkylation sites (N-methyl/N-ethyl adjacent to an activating group) is 1. The number of urea groups is 1. The Morgan fingerprint density at radius 3 is 2.55 bits per heavy atom. The maximum atomic E-state index is 13.2. The van der Waals surface area contributed by atoms with Crippen LogP contribution in [0.1, 0.15) is 44.4 Å². The number of rotatable bonds is 6. The molecule has 1 N–H and O–H groups in total. The first-order chi connectivity index (χ1) is 15.7. The number of aryl methyl sites for hydroxylation is 1. The highest BCUT2D eigenvalue weighted by Gasteiger charge is 2.38. The number of nitrogens with one attached hydrogen (secondary N) is 1. The normalized spacial score (nSPS) is 20.1. The second-order valence-electron chi connectivity index (χ2n) is 8.99. The van der Waals surface area contributed by atoms with Crippen LogP contribution in [0, 0.1) is 12.8 Å². The predicted molar refractivity (Wildman–Crippen MR) is 126 cm³/mol. The molecule has 1 saturated heterocycles. The summed E-state index contributed by atoms with van der Waals surface area (Å²) in [5.41, 5.74) is 2.98. The van der Waals surface area contributed by atoms with Gasteiger partial charge in [0.2, 0.25) is 5.91 Å². The Bertz CT molecular complexity index is 927. The molecule has 0 aliphatic carbocycles. The highest BCUT2D eigenvalue weighted by molar-refractivity contribution is 5.95. The van der Waals surface area contributed by atoms with Crippen molar-refractivity contribution in [2.24, 2.45) is 5.92 Å². The number of ether oxygens (including phenoxy) is 1. The van der Waals surface area contributed by atoms with Crippen LogP contribution in [0.5, 0.6) is 0 Å². The van der Waals surface area contributed by atoms with Crippen molar-refractivity contribution in [1.82, 2.24) is 20.0 Å². The summed E-state index contributed by atoms with van der Waals surface area (Å²) in [5, 5.41) is 2.98. The van der Waals surface area contributed by atoms with Gasteiger partial charge >= 0.3 is 12.0 Å². The van der Waals surface area contributed by atoms with Crippen LogP contribution in [0.2, 0.25) is 0 Å². The Labute approximate surface area is 196 Å². The third kappa shape index (κ3) is 5.55. The molecular formula is C25H36N4O4. The summed E-state index contributed by atoms with van der Waals surface area (Å²) in [6, 6.07) is 6.92. The summed E-state index contributed by atoms with van der Waals surface area (Å²) in [6.07, 6.45) is 0.845. The number of amides is 3. The molecule has 0 aromatic heterocycles. The van der Waals surface area contributed by atoms with Gasteiger partial charge in [-0.1, -0.05) is 38.1 Å². The highest BCUT2D eigenvalue weighted by atomic mass is 16.5. The summed E-state index contributed by atoms with van der Waals surface area (Å²) in [4.78, 5) is 44.2. The molecule has 1 aromatic rings. The molecule has 180 valence electrons. The number of esters is 1. The standard InChI is InChI=1S/C25H36N4O4/c1-6-33-24(31)21-20(16-28-12-9-13-29(15-14-28)23(30)17(2)3)27(5)25(32)26-22(21)19-11-8-7-10-18(19)4/h7-8,10-11,17,22H,6,9,12-16H2,1-5H3,(H,26,32)/t22-/m0/s1. The summed E-state index contributed by atoms with van der Waals surface area (Å²) < 4.78 is 5.43. The summed E-state index contributed by atoms with van der Waals surface area (Å²) in [7, 11) is 1.68. The molecular weight excluding hydrogens is 420 g/mol. The van der Waals surface area contributed by atoms with E-state index in [9.17, 15) is 14.4 Å². The van der Waals surface area contributed by atoms with Gasteiger partial charge in [-0.3, -0.25) is 14.6 Å². The molecule has 0 spiro atoms. The second-order valence-corrected chi connectivity index (χ2v) is 8.99. The van der Waals surface area contributed by atoms with Gasteiger partial charge in [-0.25, -0.2) is 9.59 Å². The summed E-state index contributed by atoms with van der Waals surface area (Å²) >= 11 is 0. The monoisotopic (exact) mass is 456 g/mol. The van der Waals surface area contributed by atoms with Gasteiger partial charge in [0.1, 0.15) is 0 Å². The molecule has 33 heavy (non-hydrogen) atoms. The maximum Gasteiger partial charge on any atom is 0.338 e. The van der Waals surface area contributed by atoms with Gasteiger partial charge in [0.15, 0.2) is 0 Å². The zero-order valence-electron chi connectivity index (χ0n) is 20.4. The molecule has 8 heteroatoms. The molecule has 1 atom stereocenters. The van der Waals surface area contributed by atoms with Gasteiger partial charge < -0.3 is 15.0 Å². The first kappa shape index (κ1) is 24.8. The Morgan fingerprint density at radius 2 is 1.88 bits per heavy atom. The largest absolute Gasteiger partial charge is 0.463 e. The van der Waals surface area contributed by atoms with Crippen molar-refractivity contribution >= 4 is 17.9 Å². The van der Waals surface area contributed by atoms with Gasteiger partial charge in [-0.15, -0.1) is 0 Å². The summed E-state index contributed by atoms with van der Waals surface area (Å²) in [5.74, 6) is -0.284. The van der Waals surface area contributed by atoms with Crippen molar-refractivity contribution in [3.63, 3.8) is 0 Å². The van der Waals surface area contributed by atoms with Crippen LogP contribution in [-0.4, -0.2) is 79.0 Å². The minimum atomic E-state index is -0.574. The quantitative estimate of drug-likeness (QED) is 0.666. The number of carbonyl (C=O) groups is 3. The molecule has 8 nitrogen and oxygen atoms in total. The first-order valence-electron chi connectivity index (χ1n) is 11.8. The van der Waals surface area contributed by atoms with E-state index in [-0.39, 0.29) is 24.5 Å². The molecule has 3 amide bonds. The van der Waals surface area contributed by atoms with Gasteiger partial charge in [0, 0.05) is 51.4 Å². The molecule has 2 aliphatic heterocycles. The topological polar surface area (TPSA) is 82.2 Å². The van der Waals surface area contributed by atoms with Crippen molar-refractivity contribution in [3.05, 3.63) is 46.7 Å². The number of benzene rings is 1. The number of hydrogen-bond donors (Lipinski definition) is 1. The SMILES string of the molecule is CCOC(=O)C1=C(CN2CCCN(C(=O)C(C)C)CC2)N(C)C(=O)N[C@H]1c1ccccc1C. The maximum absolute atomic E-state index is 13.2. The zero-order chi connectivity index (χ0) is 24.1. The third-order valence-corrected chi connectivity index (χ3v) is 6.34. The molecule has 2 heterocycles. The van der Waals surface area contributed by atoms with E-state index in [1.807, 2.05) is 49.9 Å². The number of nitrogens with zero attached hydrogens (tertiary/aromatic N) is 3. The van der Waals surface area contributed by atoms with Crippen molar-refractivity contribution < 1.29 is 19.1 Å². The number of carbonyl (C=O) groups excluding carboxylic acids is 3. The van der Waals surface area contributed by atoms with Gasteiger partial charge in [0.05, 0.1) is 18.2 Å². The van der Waals surface area contributed by atoms with E-state index < -0.39 is 12.0 Å². The van der Waals surface area contributed by atoms with Gasteiger partial charge in [-0.2, -0.15) is 0 Å². The molecule has 0 unspecified atom stereocenters. The van der Waals surface area contributed by atoms with Crippen LogP contribution < -0.4 is 5.32 Å². The van der Waals surface area contributed by atoms with E-state index in [0.717, 1.165) is 30.6 Å². The van der Waals surface area contributed by atoms with Crippen LogP contribution in [-0.2, 0) is 14.3 Å². The van der Waals surface area contributed by atoms with E-state index >= 15 is 0 Å². The summed E-state index contributed by atoms with van der Waals surface area (Å²) in [6.45, 7) is 11.1. The zero-order valence-corrected chi connectivity index (χ0v) is 20.4. The van der Waals surface area contributed by atoms with Crippen LogP contribution in [0.3, 0.4) is 0 Å². The Kier molecular flexibility index (Phi) is 8.13. The van der Waals surface area contributed by atoms with Crippen molar-refractivity contribution in [1.29, 1.82) is 0 Å². The van der Waals surface area contributed by atoms with Crippen molar-refractivity contribution in [3.8, 4) is 0 Å². The minimum Gasteiger partial charge on any atom is -0.463 e. The fourth-order valence-corrected chi connectivity index (χ4v) is 4.47. The molecule has 3 rings (SSSR count). The van der Waals surface area contributed by atoms with E-state index in [1.54, 1.807) is 14.0 Å². The van der Waals surface area contributed by atoms with E-state index in [0.29, 0.717) is 30.9 Å². The van der Waals surface area contributed by atoms with Gasteiger partial charge in [0.25, 0.3) is 0 Å². The van der Waals surface area contributed by atoms with Crippen LogP contribution >= 0.6 is 0 Å². The Balaban J connectivity index is 1.95. The molecule has 1 fully saturated rings. The first-order valence-corrected chi connectivity index (χ1v) is 11.8. The average molecular weight is 457 g/mol. The van der Waals surface area contributed by atoms with Crippen molar-refractivity contribution in [2.75, 3.05) is 46.4 Å². The van der Waals surface area contributed by atoms with Crippen LogP contribution in [0.25, 0.3) is 0 Å². The molecule has 2 aliphatic rings. The van der Waals surface area contributed by atoms with Gasteiger partial charge in [-0.05, 0) is 31.4 Å². The minimum absolute atomic E-state index is 0.0299. The third-order valence-electron chi connectivity index (χ3n) is 6.34. The average Bonchev–Trinajstić information content (AvgIpc) is 3.02. The highest BCUT2D eigenvalue weighted by Crippen LogP contribution is 2.33. The predicted octanol–water partition coefficient (Wildman–Crippen LogP) is 2.70. The lowest BCUT2D eigenvalue weighted by molar-refractivity contribution is -0.139. The molecule has 0 bridgehead atoms. The lowest BCUT2D eigenvalue weighted by Crippen LogP contribution is -2.49. The smallest absolute Gasteiger partial charge is 0.338 e. The molecule has 0 saturated carbocycles. The molecule has 1 aromatic carbocycles. The van der Waals surface area contributed by atoms with Crippen LogP contribution in [0.4, 0.5) is 4.79 Å². The Hall–Kier alpha value is -2.87. The fourth-order valence-electron chi connectivity index (χ4n) is 4.47. The van der Waals surface area contributed by atoms with E-state index in [1.165, 1.54) is 4.90 Å². The van der Waals surface area contributed by atoms with E-state index in [2.05, 4.69) is 10.2 Å². The lowest BCUT2D eigenvalue weighted by atomic mass is 9.91. The van der Waals surface area contributed by atoms with Crippen molar-refractivity contribution in [2.45, 2.75) is 40.2 Å². The lowest BCUT2D eigenvalue weighted by Gasteiger charge is -2.37. The fraction of sp³-hybridized carbons (Fsp3) is 0.560. The van der Waals surface area contributed by atoms with E-state index in [4.69, 9.17) is 4.74 Å².